The van der Waals surface area contributed by atoms with E-state index in [-0.39, 0.29) is 18.5 Å². The SMILES string of the molecule is CCN(C)CCNC(=O)N(CCC(=O)O)C1CC1. The Morgan fingerprint density at radius 3 is 2.50 bits per heavy atom. The topological polar surface area (TPSA) is 72.9 Å². The lowest BCUT2D eigenvalue weighted by Crippen LogP contribution is -2.44. The van der Waals surface area contributed by atoms with E-state index in [2.05, 4.69) is 17.1 Å². The van der Waals surface area contributed by atoms with Crippen molar-refractivity contribution >= 4 is 12.0 Å². The normalized spacial score (nSPS) is 14.6. The molecule has 0 bridgehead atoms. The van der Waals surface area contributed by atoms with E-state index in [1.165, 1.54) is 0 Å². The molecule has 0 heterocycles. The number of amides is 2. The van der Waals surface area contributed by atoms with E-state index in [1.807, 2.05) is 7.05 Å². The third kappa shape index (κ3) is 5.35. The minimum atomic E-state index is -0.862. The van der Waals surface area contributed by atoms with Gasteiger partial charge in [-0.25, -0.2) is 4.79 Å². The van der Waals surface area contributed by atoms with Gasteiger partial charge in [0.2, 0.25) is 0 Å². The second kappa shape index (κ2) is 7.20. The van der Waals surface area contributed by atoms with E-state index >= 15 is 0 Å². The van der Waals surface area contributed by atoms with Crippen LogP contribution in [0.4, 0.5) is 4.79 Å². The first-order valence-electron chi connectivity index (χ1n) is 6.49. The van der Waals surface area contributed by atoms with Crippen molar-refractivity contribution in [2.45, 2.75) is 32.2 Å². The van der Waals surface area contributed by atoms with Gasteiger partial charge in [-0.1, -0.05) is 6.92 Å². The monoisotopic (exact) mass is 257 g/mol. The number of aliphatic carboxylic acids is 1. The average molecular weight is 257 g/mol. The van der Waals surface area contributed by atoms with Crippen molar-refractivity contribution < 1.29 is 14.7 Å². The highest BCUT2D eigenvalue weighted by Gasteiger charge is 2.32. The number of nitrogens with one attached hydrogen (secondary N) is 1. The van der Waals surface area contributed by atoms with Crippen LogP contribution in [0.1, 0.15) is 26.2 Å². The molecule has 0 aromatic heterocycles. The number of hydrogen-bond donors (Lipinski definition) is 2. The maximum absolute atomic E-state index is 11.9. The molecule has 1 saturated carbocycles. The van der Waals surface area contributed by atoms with Crippen LogP contribution in [0, 0.1) is 0 Å². The second-order valence-electron chi connectivity index (χ2n) is 4.70. The fourth-order valence-corrected chi connectivity index (χ4v) is 1.67. The smallest absolute Gasteiger partial charge is 0.317 e. The Labute approximate surface area is 108 Å². The largest absolute Gasteiger partial charge is 0.481 e. The molecule has 1 aliphatic carbocycles. The molecule has 6 nitrogen and oxygen atoms in total. The van der Waals surface area contributed by atoms with Crippen molar-refractivity contribution in [1.29, 1.82) is 0 Å². The van der Waals surface area contributed by atoms with E-state index < -0.39 is 5.97 Å². The van der Waals surface area contributed by atoms with Crippen LogP contribution in [0.3, 0.4) is 0 Å². The highest BCUT2D eigenvalue weighted by atomic mass is 16.4. The Hall–Kier alpha value is -1.30. The highest BCUT2D eigenvalue weighted by molar-refractivity contribution is 5.76. The first kappa shape index (κ1) is 14.8. The number of carboxylic acids is 1. The predicted octanol–water partition coefficient (Wildman–Crippen LogP) is 0.587. The first-order valence-corrected chi connectivity index (χ1v) is 6.49. The molecular weight excluding hydrogens is 234 g/mol. The molecule has 0 atom stereocenters. The number of hydrogen-bond acceptors (Lipinski definition) is 3. The Kier molecular flexibility index (Phi) is 5.91. The van der Waals surface area contributed by atoms with E-state index in [4.69, 9.17) is 5.11 Å². The number of carboxylic acid groups (broad SMARTS) is 1. The standard InChI is InChI=1S/C12H23N3O3/c1-3-14(2)9-7-13-12(18)15(10-4-5-10)8-6-11(16)17/h10H,3-9H2,1-2H3,(H,13,18)(H,16,17). The molecule has 1 fully saturated rings. The van der Waals surface area contributed by atoms with Gasteiger partial charge in [-0.2, -0.15) is 0 Å². The number of carbonyl (C=O) groups excluding carboxylic acids is 1. The number of urea groups is 1. The van der Waals surface area contributed by atoms with Crippen molar-refractivity contribution in [2.24, 2.45) is 0 Å². The molecular formula is C12H23N3O3. The predicted molar refractivity (Wildman–Crippen MR) is 68.6 cm³/mol. The summed E-state index contributed by atoms with van der Waals surface area (Å²) in [6.07, 6.45) is 1.99. The maximum Gasteiger partial charge on any atom is 0.317 e. The maximum atomic E-state index is 11.9. The molecule has 0 aliphatic heterocycles. The molecule has 0 unspecified atom stereocenters. The summed E-state index contributed by atoms with van der Waals surface area (Å²) < 4.78 is 0. The van der Waals surface area contributed by atoms with Crippen LogP contribution in [-0.4, -0.2) is 66.2 Å². The molecule has 1 rings (SSSR count). The second-order valence-corrected chi connectivity index (χ2v) is 4.70. The molecule has 0 aromatic carbocycles. The summed E-state index contributed by atoms with van der Waals surface area (Å²) in [4.78, 5) is 26.2. The Morgan fingerprint density at radius 2 is 2.00 bits per heavy atom. The Bertz CT molecular complexity index is 292. The van der Waals surface area contributed by atoms with Crippen molar-refractivity contribution in [3.63, 3.8) is 0 Å². The van der Waals surface area contributed by atoms with Gasteiger partial charge in [-0.15, -0.1) is 0 Å². The van der Waals surface area contributed by atoms with Gasteiger partial charge in [-0.05, 0) is 26.4 Å². The lowest BCUT2D eigenvalue weighted by molar-refractivity contribution is -0.137. The summed E-state index contributed by atoms with van der Waals surface area (Å²) in [7, 11) is 2.00. The van der Waals surface area contributed by atoms with Crippen LogP contribution in [-0.2, 0) is 4.79 Å². The zero-order chi connectivity index (χ0) is 13.5. The molecule has 18 heavy (non-hydrogen) atoms. The van der Waals surface area contributed by atoms with Gasteiger partial charge in [0.1, 0.15) is 0 Å². The van der Waals surface area contributed by atoms with Gasteiger partial charge >= 0.3 is 12.0 Å². The minimum absolute atomic E-state index is 0.0127. The molecule has 2 N–H and O–H groups in total. The molecule has 0 spiro atoms. The summed E-state index contributed by atoms with van der Waals surface area (Å²) >= 11 is 0. The quantitative estimate of drug-likeness (QED) is 0.667. The molecule has 0 aromatic rings. The number of carbonyl (C=O) groups is 2. The lowest BCUT2D eigenvalue weighted by Gasteiger charge is -2.23. The van der Waals surface area contributed by atoms with Crippen molar-refractivity contribution in [2.75, 3.05) is 33.2 Å². The van der Waals surface area contributed by atoms with Gasteiger partial charge in [0.25, 0.3) is 0 Å². The third-order valence-corrected chi connectivity index (χ3v) is 3.12. The fraction of sp³-hybridized carbons (Fsp3) is 0.833. The van der Waals surface area contributed by atoms with E-state index in [0.717, 1.165) is 25.9 Å². The third-order valence-electron chi connectivity index (χ3n) is 3.12. The summed E-state index contributed by atoms with van der Waals surface area (Å²) in [6, 6.07) is 0.108. The van der Waals surface area contributed by atoms with Crippen LogP contribution in [0.5, 0.6) is 0 Å². The van der Waals surface area contributed by atoms with Crippen molar-refractivity contribution in [3.05, 3.63) is 0 Å². The number of likely N-dealkylation sites (N-methyl/N-ethyl adjacent to an activating group) is 1. The van der Waals surface area contributed by atoms with Crippen LogP contribution >= 0.6 is 0 Å². The highest BCUT2D eigenvalue weighted by Crippen LogP contribution is 2.26. The number of rotatable bonds is 8. The van der Waals surface area contributed by atoms with Gasteiger partial charge in [0.15, 0.2) is 0 Å². The van der Waals surface area contributed by atoms with Crippen LogP contribution in [0.2, 0.25) is 0 Å². The van der Waals surface area contributed by atoms with E-state index in [9.17, 15) is 9.59 Å². The summed E-state index contributed by atoms with van der Waals surface area (Å²) in [6.45, 7) is 4.71. The van der Waals surface area contributed by atoms with Crippen molar-refractivity contribution in [3.8, 4) is 0 Å². The summed E-state index contributed by atoms with van der Waals surface area (Å²) in [5.74, 6) is -0.862. The summed E-state index contributed by atoms with van der Waals surface area (Å²) in [5.41, 5.74) is 0. The average Bonchev–Trinajstić information content (AvgIpc) is 3.13. The van der Waals surface area contributed by atoms with Gasteiger partial charge in [0, 0.05) is 25.7 Å². The molecule has 104 valence electrons. The zero-order valence-corrected chi connectivity index (χ0v) is 11.2. The molecule has 0 radical (unpaired) electrons. The summed E-state index contributed by atoms with van der Waals surface area (Å²) in [5, 5.41) is 11.5. The minimum Gasteiger partial charge on any atom is -0.481 e. The Balaban J connectivity index is 2.28. The van der Waals surface area contributed by atoms with Gasteiger partial charge in [0.05, 0.1) is 6.42 Å². The molecule has 0 saturated heterocycles. The van der Waals surface area contributed by atoms with E-state index in [0.29, 0.717) is 13.1 Å². The van der Waals surface area contributed by atoms with Crippen LogP contribution in [0.15, 0.2) is 0 Å². The van der Waals surface area contributed by atoms with Crippen LogP contribution in [0.25, 0.3) is 0 Å². The molecule has 2 amide bonds. The first-order chi connectivity index (χ1) is 8.54. The van der Waals surface area contributed by atoms with Gasteiger partial charge in [-0.3, -0.25) is 4.79 Å². The van der Waals surface area contributed by atoms with Crippen LogP contribution < -0.4 is 5.32 Å². The zero-order valence-electron chi connectivity index (χ0n) is 11.2. The number of nitrogens with zero attached hydrogens (tertiary/aromatic N) is 2. The lowest BCUT2D eigenvalue weighted by atomic mass is 10.4. The van der Waals surface area contributed by atoms with Gasteiger partial charge < -0.3 is 20.2 Å². The Morgan fingerprint density at radius 1 is 1.33 bits per heavy atom. The molecule has 1 aliphatic rings. The molecule has 6 heteroatoms. The van der Waals surface area contributed by atoms with E-state index in [1.54, 1.807) is 4.90 Å². The fourth-order valence-electron chi connectivity index (χ4n) is 1.67. The van der Waals surface area contributed by atoms with Crippen molar-refractivity contribution in [1.82, 2.24) is 15.1 Å².